The van der Waals surface area contributed by atoms with Gasteiger partial charge in [0.1, 0.15) is 0 Å². The second-order valence-electron chi connectivity index (χ2n) is 5.95. The molecule has 0 saturated heterocycles. The largest absolute Gasteiger partial charge is 0.389 e. The van der Waals surface area contributed by atoms with Crippen molar-refractivity contribution in [2.24, 2.45) is 0 Å². The van der Waals surface area contributed by atoms with E-state index in [-0.39, 0.29) is 11.0 Å². The molecule has 0 amide bonds. The van der Waals surface area contributed by atoms with Gasteiger partial charge in [-0.3, -0.25) is 4.79 Å². The van der Waals surface area contributed by atoms with Gasteiger partial charge in [0.25, 0.3) is 5.56 Å². The first-order chi connectivity index (χ1) is 7.09. The molecule has 0 radical (unpaired) electrons. The van der Waals surface area contributed by atoms with Gasteiger partial charge in [0.15, 0.2) is 0 Å². The maximum Gasteiger partial charge on any atom is 0.250 e. The summed E-state index contributed by atoms with van der Waals surface area (Å²) in [6, 6.07) is 3.41. The van der Waals surface area contributed by atoms with Crippen LogP contribution in [0.15, 0.2) is 23.1 Å². The highest BCUT2D eigenvalue weighted by Crippen LogP contribution is 2.20. The van der Waals surface area contributed by atoms with Crippen LogP contribution in [-0.4, -0.2) is 15.3 Å². The summed E-state index contributed by atoms with van der Waals surface area (Å²) in [7, 11) is 0. The van der Waals surface area contributed by atoms with Gasteiger partial charge in [-0.15, -0.1) is 0 Å². The molecule has 1 N–H and O–H groups in total. The van der Waals surface area contributed by atoms with E-state index >= 15 is 0 Å². The highest BCUT2D eigenvalue weighted by atomic mass is 16.3. The Morgan fingerprint density at radius 2 is 1.75 bits per heavy atom. The maximum absolute atomic E-state index is 11.6. The molecule has 0 atom stereocenters. The lowest BCUT2D eigenvalue weighted by Gasteiger charge is -2.23. The Labute approximate surface area is 96.7 Å². The van der Waals surface area contributed by atoms with E-state index in [9.17, 15) is 9.90 Å². The van der Waals surface area contributed by atoms with Crippen molar-refractivity contribution in [2.45, 2.75) is 52.2 Å². The minimum atomic E-state index is -0.875. The summed E-state index contributed by atoms with van der Waals surface area (Å²) in [6.45, 7) is 10.0. The first-order valence-corrected chi connectivity index (χ1v) is 5.53. The Kier molecular flexibility index (Phi) is 3.29. The van der Waals surface area contributed by atoms with Gasteiger partial charge in [-0.1, -0.05) is 26.8 Å². The molecular weight excluding hydrogens is 202 g/mol. The SMILES string of the molecule is CC(C)(O)Cn1cc(C(C)(C)C)ccc1=O. The van der Waals surface area contributed by atoms with Gasteiger partial charge in [0, 0.05) is 12.3 Å². The highest BCUT2D eigenvalue weighted by molar-refractivity contribution is 5.19. The van der Waals surface area contributed by atoms with Gasteiger partial charge >= 0.3 is 0 Å². The van der Waals surface area contributed by atoms with Crippen LogP contribution in [0.2, 0.25) is 0 Å². The molecule has 0 bridgehead atoms. The van der Waals surface area contributed by atoms with Gasteiger partial charge in [-0.25, -0.2) is 0 Å². The summed E-state index contributed by atoms with van der Waals surface area (Å²) in [5.74, 6) is 0. The lowest BCUT2D eigenvalue weighted by atomic mass is 9.88. The molecule has 1 aromatic heterocycles. The lowest BCUT2D eigenvalue weighted by molar-refractivity contribution is 0.0603. The van der Waals surface area contributed by atoms with Crippen LogP contribution >= 0.6 is 0 Å². The first kappa shape index (κ1) is 13.0. The summed E-state index contributed by atoms with van der Waals surface area (Å²) in [5.41, 5.74) is 0.154. The Morgan fingerprint density at radius 1 is 1.19 bits per heavy atom. The molecule has 16 heavy (non-hydrogen) atoms. The van der Waals surface area contributed by atoms with Gasteiger partial charge in [0.05, 0.1) is 12.1 Å². The van der Waals surface area contributed by atoms with Crippen molar-refractivity contribution in [3.8, 4) is 0 Å². The van der Waals surface area contributed by atoms with E-state index in [2.05, 4.69) is 20.8 Å². The van der Waals surface area contributed by atoms with Crippen LogP contribution in [0.3, 0.4) is 0 Å². The van der Waals surface area contributed by atoms with Crippen LogP contribution < -0.4 is 5.56 Å². The summed E-state index contributed by atoms with van der Waals surface area (Å²) < 4.78 is 1.57. The molecule has 1 rings (SSSR count). The first-order valence-electron chi connectivity index (χ1n) is 5.53. The monoisotopic (exact) mass is 223 g/mol. The smallest absolute Gasteiger partial charge is 0.250 e. The molecular formula is C13H21NO2. The van der Waals surface area contributed by atoms with E-state index in [0.29, 0.717) is 6.54 Å². The van der Waals surface area contributed by atoms with E-state index in [1.54, 1.807) is 24.5 Å². The van der Waals surface area contributed by atoms with Gasteiger partial charge < -0.3 is 9.67 Å². The molecule has 0 aliphatic carbocycles. The number of hydrogen-bond acceptors (Lipinski definition) is 2. The fraction of sp³-hybridized carbons (Fsp3) is 0.615. The normalized spacial score (nSPS) is 12.9. The minimum absolute atomic E-state index is 0.00898. The Hall–Kier alpha value is -1.09. The topological polar surface area (TPSA) is 42.2 Å². The standard InChI is InChI=1S/C13H21NO2/c1-12(2,3)10-6-7-11(15)14(8-10)9-13(4,5)16/h6-8,16H,9H2,1-5H3. The second kappa shape index (κ2) is 4.06. The fourth-order valence-electron chi connectivity index (χ4n) is 1.52. The van der Waals surface area contributed by atoms with Crippen LogP contribution in [0, 0.1) is 0 Å². The average Bonchev–Trinajstić information content (AvgIpc) is 2.04. The number of hydrogen-bond donors (Lipinski definition) is 1. The molecule has 0 saturated carbocycles. The third-order valence-corrected chi connectivity index (χ3v) is 2.41. The molecule has 3 heteroatoms. The Bertz CT molecular complexity index is 419. The minimum Gasteiger partial charge on any atom is -0.389 e. The zero-order valence-electron chi connectivity index (χ0n) is 10.7. The van der Waals surface area contributed by atoms with Crippen molar-refractivity contribution in [1.29, 1.82) is 0 Å². The van der Waals surface area contributed by atoms with Crippen molar-refractivity contribution in [2.75, 3.05) is 0 Å². The van der Waals surface area contributed by atoms with E-state index < -0.39 is 5.60 Å². The lowest BCUT2D eigenvalue weighted by Crippen LogP contribution is -2.33. The molecule has 0 aliphatic rings. The van der Waals surface area contributed by atoms with E-state index in [0.717, 1.165) is 5.56 Å². The highest BCUT2D eigenvalue weighted by Gasteiger charge is 2.18. The van der Waals surface area contributed by atoms with Crippen molar-refractivity contribution < 1.29 is 5.11 Å². The molecule has 0 aliphatic heterocycles. The Morgan fingerprint density at radius 3 is 2.19 bits per heavy atom. The molecule has 3 nitrogen and oxygen atoms in total. The number of aliphatic hydroxyl groups is 1. The molecule has 1 aromatic rings. The molecule has 0 spiro atoms. The predicted octanol–water partition coefficient (Wildman–Crippen LogP) is 1.92. The summed E-state index contributed by atoms with van der Waals surface area (Å²) >= 11 is 0. The van der Waals surface area contributed by atoms with Crippen molar-refractivity contribution in [3.05, 3.63) is 34.2 Å². The van der Waals surface area contributed by atoms with E-state index in [4.69, 9.17) is 0 Å². The number of rotatable bonds is 2. The van der Waals surface area contributed by atoms with Crippen LogP contribution in [0.25, 0.3) is 0 Å². The van der Waals surface area contributed by atoms with E-state index in [1.807, 2.05) is 12.3 Å². The number of pyridine rings is 1. The van der Waals surface area contributed by atoms with Crippen molar-refractivity contribution >= 4 is 0 Å². The van der Waals surface area contributed by atoms with Crippen molar-refractivity contribution in [3.63, 3.8) is 0 Å². The van der Waals surface area contributed by atoms with E-state index in [1.165, 1.54) is 0 Å². The van der Waals surface area contributed by atoms with Gasteiger partial charge in [0.2, 0.25) is 0 Å². The van der Waals surface area contributed by atoms with Crippen LogP contribution in [-0.2, 0) is 12.0 Å². The van der Waals surface area contributed by atoms with Gasteiger partial charge in [-0.05, 0) is 24.8 Å². The van der Waals surface area contributed by atoms with Crippen LogP contribution in [0.5, 0.6) is 0 Å². The summed E-state index contributed by atoms with van der Waals surface area (Å²) in [5, 5.41) is 9.73. The molecule has 0 unspecified atom stereocenters. The summed E-state index contributed by atoms with van der Waals surface area (Å²) in [4.78, 5) is 11.6. The molecule has 0 fully saturated rings. The Balaban J connectivity index is 3.15. The predicted molar refractivity (Wildman–Crippen MR) is 65.7 cm³/mol. The zero-order valence-corrected chi connectivity index (χ0v) is 10.7. The third-order valence-electron chi connectivity index (χ3n) is 2.41. The third kappa shape index (κ3) is 3.49. The fourth-order valence-corrected chi connectivity index (χ4v) is 1.52. The van der Waals surface area contributed by atoms with Crippen molar-refractivity contribution in [1.82, 2.24) is 4.57 Å². The van der Waals surface area contributed by atoms with Gasteiger partial charge in [-0.2, -0.15) is 0 Å². The number of nitrogens with zero attached hydrogens (tertiary/aromatic N) is 1. The molecule has 0 aromatic carbocycles. The molecule has 90 valence electrons. The summed E-state index contributed by atoms with van der Waals surface area (Å²) in [6.07, 6.45) is 1.83. The van der Waals surface area contributed by atoms with Crippen LogP contribution in [0.4, 0.5) is 0 Å². The second-order valence-corrected chi connectivity index (χ2v) is 5.95. The number of aromatic nitrogens is 1. The maximum atomic E-state index is 11.6. The zero-order chi connectivity index (χ0) is 12.6. The molecule has 1 heterocycles. The van der Waals surface area contributed by atoms with Crippen LogP contribution in [0.1, 0.15) is 40.2 Å². The quantitative estimate of drug-likeness (QED) is 0.832. The average molecular weight is 223 g/mol.